The van der Waals surface area contributed by atoms with Gasteiger partial charge in [0.1, 0.15) is 16.6 Å². The van der Waals surface area contributed by atoms with Crippen molar-refractivity contribution in [1.82, 2.24) is 25.1 Å². The van der Waals surface area contributed by atoms with Crippen molar-refractivity contribution in [1.29, 1.82) is 0 Å². The van der Waals surface area contributed by atoms with Gasteiger partial charge in [0.05, 0.1) is 11.7 Å². The third kappa shape index (κ3) is 4.71. The Morgan fingerprint density at radius 1 is 1.27 bits per heavy atom. The average molecular weight is 421 g/mol. The quantitative estimate of drug-likeness (QED) is 0.598. The number of carbonyl (C=O) groups excluding carboxylic acids is 1. The summed E-state index contributed by atoms with van der Waals surface area (Å²) in [5.41, 5.74) is 1.86. The fourth-order valence-corrected chi connectivity index (χ4v) is 4.23. The number of aryl methyl sites for hydroxylation is 2. The topological polar surface area (TPSA) is 83.9 Å². The van der Waals surface area contributed by atoms with Crippen molar-refractivity contribution in [2.24, 2.45) is 0 Å². The number of amides is 1. The molecule has 8 heteroatoms. The van der Waals surface area contributed by atoms with E-state index in [1.54, 1.807) is 6.08 Å². The van der Waals surface area contributed by atoms with E-state index in [0.717, 1.165) is 42.1 Å². The van der Waals surface area contributed by atoms with Crippen LogP contribution in [0.4, 0.5) is 10.9 Å². The van der Waals surface area contributed by atoms with Gasteiger partial charge in [-0.1, -0.05) is 48.6 Å². The third-order valence-corrected chi connectivity index (χ3v) is 5.94. The van der Waals surface area contributed by atoms with E-state index in [1.807, 2.05) is 54.3 Å². The van der Waals surface area contributed by atoms with E-state index in [1.165, 1.54) is 11.3 Å². The lowest BCUT2D eigenvalue weighted by Crippen LogP contribution is -2.29. The van der Waals surface area contributed by atoms with Crippen LogP contribution in [-0.2, 0) is 11.2 Å². The Kier molecular flexibility index (Phi) is 6.13. The summed E-state index contributed by atoms with van der Waals surface area (Å²) in [4.78, 5) is 23.9. The molecule has 1 atom stereocenters. The van der Waals surface area contributed by atoms with E-state index < -0.39 is 0 Å². The molecule has 0 bridgehead atoms. The van der Waals surface area contributed by atoms with Crippen molar-refractivity contribution in [3.63, 3.8) is 0 Å². The highest BCUT2D eigenvalue weighted by Gasteiger charge is 2.30. The Morgan fingerprint density at radius 2 is 2.10 bits per heavy atom. The van der Waals surface area contributed by atoms with Gasteiger partial charge in [0.15, 0.2) is 0 Å². The predicted molar refractivity (Wildman–Crippen MR) is 119 cm³/mol. The summed E-state index contributed by atoms with van der Waals surface area (Å²) in [6.07, 6.45) is 6.20. The fourth-order valence-electron chi connectivity index (χ4n) is 3.55. The lowest BCUT2D eigenvalue weighted by Gasteiger charge is -2.23. The molecule has 3 aromatic rings. The lowest BCUT2D eigenvalue weighted by atomic mass is 10.1. The van der Waals surface area contributed by atoms with Crippen LogP contribution in [-0.4, -0.2) is 37.5 Å². The maximum atomic E-state index is 12.9. The summed E-state index contributed by atoms with van der Waals surface area (Å²) < 4.78 is 0. The summed E-state index contributed by atoms with van der Waals surface area (Å²) in [7, 11) is 0. The number of nitrogens with one attached hydrogen (secondary N) is 1. The molecule has 1 N–H and O–H groups in total. The third-order valence-electron chi connectivity index (χ3n) is 4.96. The monoisotopic (exact) mass is 420 g/mol. The number of anilines is 2. The number of nitrogens with zero attached hydrogens (tertiary/aromatic N) is 5. The van der Waals surface area contributed by atoms with Crippen LogP contribution in [0.1, 0.15) is 47.9 Å². The Labute approximate surface area is 179 Å². The minimum Gasteiger partial charge on any atom is -0.331 e. The highest BCUT2D eigenvalue weighted by atomic mass is 32.1. The SMILES string of the molecule is CCc1nnc(Nc2cc([C@@H]3CCCN3C(=O)/C=C/c3ccccc3)nc(C)n2)s1. The van der Waals surface area contributed by atoms with Crippen molar-refractivity contribution in [2.45, 2.75) is 39.2 Å². The van der Waals surface area contributed by atoms with Gasteiger partial charge in [0.25, 0.3) is 0 Å². The van der Waals surface area contributed by atoms with E-state index in [-0.39, 0.29) is 11.9 Å². The van der Waals surface area contributed by atoms with Crippen LogP contribution in [0.25, 0.3) is 6.08 Å². The highest BCUT2D eigenvalue weighted by Crippen LogP contribution is 2.32. The maximum Gasteiger partial charge on any atom is 0.247 e. The molecule has 1 aliphatic heterocycles. The van der Waals surface area contributed by atoms with Crippen LogP contribution in [0.3, 0.4) is 0 Å². The molecule has 1 aliphatic rings. The fraction of sp³-hybridized carbons (Fsp3) is 0.318. The number of hydrogen-bond donors (Lipinski definition) is 1. The van der Waals surface area contributed by atoms with Gasteiger partial charge in [0, 0.05) is 18.7 Å². The van der Waals surface area contributed by atoms with Crippen LogP contribution in [0.5, 0.6) is 0 Å². The largest absolute Gasteiger partial charge is 0.331 e. The van der Waals surface area contributed by atoms with E-state index in [9.17, 15) is 4.79 Å². The molecule has 0 spiro atoms. The zero-order chi connectivity index (χ0) is 20.9. The van der Waals surface area contributed by atoms with Crippen molar-refractivity contribution in [3.05, 3.63) is 64.6 Å². The number of carbonyl (C=O) groups is 1. The highest BCUT2D eigenvalue weighted by molar-refractivity contribution is 7.15. The Hall–Kier alpha value is -3.13. The minimum absolute atomic E-state index is 0.00355. The van der Waals surface area contributed by atoms with Crippen molar-refractivity contribution in [2.75, 3.05) is 11.9 Å². The van der Waals surface area contributed by atoms with Gasteiger partial charge in [-0.05, 0) is 37.8 Å². The van der Waals surface area contributed by atoms with Crippen LogP contribution in [0.2, 0.25) is 0 Å². The summed E-state index contributed by atoms with van der Waals surface area (Å²) in [6.45, 7) is 4.64. The van der Waals surface area contributed by atoms with Crippen LogP contribution in [0, 0.1) is 6.92 Å². The Balaban J connectivity index is 1.52. The zero-order valence-electron chi connectivity index (χ0n) is 17.1. The van der Waals surface area contributed by atoms with Gasteiger partial charge < -0.3 is 10.2 Å². The molecule has 1 amide bonds. The van der Waals surface area contributed by atoms with Crippen molar-refractivity contribution < 1.29 is 4.79 Å². The van der Waals surface area contributed by atoms with Gasteiger partial charge >= 0.3 is 0 Å². The smallest absolute Gasteiger partial charge is 0.247 e. The molecule has 1 aromatic carbocycles. The molecule has 4 rings (SSSR count). The van der Waals surface area contributed by atoms with E-state index in [2.05, 4.69) is 32.4 Å². The first kappa shape index (κ1) is 20.2. The molecule has 0 saturated carbocycles. The maximum absolute atomic E-state index is 12.9. The molecule has 2 aromatic heterocycles. The normalized spacial score (nSPS) is 16.3. The first-order chi connectivity index (χ1) is 14.6. The van der Waals surface area contributed by atoms with E-state index >= 15 is 0 Å². The Morgan fingerprint density at radius 3 is 2.87 bits per heavy atom. The van der Waals surface area contributed by atoms with Crippen LogP contribution in [0.15, 0.2) is 42.5 Å². The van der Waals surface area contributed by atoms with Crippen LogP contribution < -0.4 is 5.32 Å². The molecule has 0 aliphatic carbocycles. The molecule has 154 valence electrons. The molecule has 1 saturated heterocycles. The first-order valence-corrected chi connectivity index (χ1v) is 10.9. The molecule has 1 fully saturated rings. The van der Waals surface area contributed by atoms with Crippen LogP contribution >= 0.6 is 11.3 Å². The molecule has 0 unspecified atom stereocenters. The summed E-state index contributed by atoms with van der Waals surface area (Å²) in [5.74, 6) is 1.34. The van der Waals surface area contributed by atoms with Gasteiger partial charge in [-0.25, -0.2) is 9.97 Å². The van der Waals surface area contributed by atoms with E-state index in [0.29, 0.717) is 16.8 Å². The molecule has 7 nitrogen and oxygen atoms in total. The lowest BCUT2D eigenvalue weighted by molar-refractivity contribution is -0.126. The number of likely N-dealkylation sites (tertiary alicyclic amines) is 1. The molecule has 0 radical (unpaired) electrons. The van der Waals surface area contributed by atoms with Crippen molar-refractivity contribution in [3.8, 4) is 0 Å². The second-order valence-electron chi connectivity index (χ2n) is 7.14. The Bertz CT molecular complexity index is 1050. The van der Waals surface area contributed by atoms with Crippen molar-refractivity contribution >= 4 is 34.3 Å². The second kappa shape index (κ2) is 9.13. The van der Waals surface area contributed by atoms with E-state index in [4.69, 9.17) is 0 Å². The standard InChI is InChI=1S/C22H24N6OS/c1-3-20-26-27-22(30-20)25-19-14-17(23-15(2)24-19)18-10-7-13-28(18)21(29)12-11-16-8-5-4-6-9-16/h4-6,8-9,11-12,14,18H,3,7,10,13H2,1-2H3,(H,23,24,25,27)/b12-11+/t18-/m0/s1. The van der Waals surface area contributed by atoms with Gasteiger partial charge in [0.2, 0.25) is 11.0 Å². The summed E-state index contributed by atoms with van der Waals surface area (Å²) in [5, 5.41) is 13.2. The predicted octanol–water partition coefficient (Wildman–Crippen LogP) is 4.32. The number of aromatic nitrogens is 4. The number of hydrogen-bond acceptors (Lipinski definition) is 7. The molecule has 3 heterocycles. The summed E-state index contributed by atoms with van der Waals surface area (Å²) >= 11 is 1.51. The van der Waals surface area contributed by atoms with Gasteiger partial charge in [-0.15, -0.1) is 10.2 Å². The zero-order valence-corrected chi connectivity index (χ0v) is 17.9. The minimum atomic E-state index is -0.0548. The molecular formula is C22H24N6OS. The first-order valence-electron chi connectivity index (χ1n) is 10.1. The molecular weight excluding hydrogens is 396 g/mol. The number of rotatable bonds is 6. The van der Waals surface area contributed by atoms with Gasteiger partial charge in [-0.2, -0.15) is 0 Å². The second-order valence-corrected chi connectivity index (χ2v) is 8.20. The molecule has 30 heavy (non-hydrogen) atoms. The summed E-state index contributed by atoms with van der Waals surface area (Å²) in [6, 6.07) is 11.7. The number of benzene rings is 1. The van der Waals surface area contributed by atoms with Gasteiger partial charge in [-0.3, -0.25) is 4.79 Å². The average Bonchev–Trinajstić information content (AvgIpc) is 3.42.